The van der Waals surface area contributed by atoms with Crippen molar-refractivity contribution in [2.24, 2.45) is 0 Å². The van der Waals surface area contributed by atoms with Gasteiger partial charge in [-0.1, -0.05) is 18.7 Å². The van der Waals surface area contributed by atoms with Crippen LogP contribution >= 0.6 is 11.8 Å². The molecule has 17 heavy (non-hydrogen) atoms. The van der Waals surface area contributed by atoms with Crippen LogP contribution in [0.4, 0.5) is 0 Å². The van der Waals surface area contributed by atoms with Gasteiger partial charge in [0, 0.05) is 18.9 Å². The van der Waals surface area contributed by atoms with Crippen molar-refractivity contribution in [3.8, 4) is 0 Å². The average Bonchev–Trinajstić information content (AvgIpc) is 2.68. The third kappa shape index (κ3) is 3.77. The van der Waals surface area contributed by atoms with Gasteiger partial charge in [0.05, 0.1) is 5.75 Å². The molecule has 1 rings (SSSR count). The molecule has 0 spiro atoms. The van der Waals surface area contributed by atoms with Crippen LogP contribution in [0, 0.1) is 0 Å². The smallest absolute Gasteiger partial charge is 0.313 e. The number of hydrogen-bond acceptors (Lipinski definition) is 4. The SMILES string of the molecule is CCc1cnc(SCC(=O)O)n1CC(=O)NC. The third-order valence-corrected chi connectivity index (χ3v) is 3.14. The van der Waals surface area contributed by atoms with Crippen LogP contribution in [0.2, 0.25) is 0 Å². The van der Waals surface area contributed by atoms with Gasteiger partial charge in [0.2, 0.25) is 5.91 Å². The van der Waals surface area contributed by atoms with Crippen LogP contribution in [0.3, 0.4) is 0 Å². The molecular weight excluding hydrogens is 242 g/mol. The second-order valence-corrected chi connectivity index (χ2v) is 4.27. The highest BCUT2D eigenvalue weighted by molar-refractivity contribution is 7.99. The van der Waals surface area contributed by atoms with Crippen molar-refractivity contribution in [1.82, 2.24) is 14.9 Å². The molecule has 1 amide bonds. The van der Waals surface area contributed by atoms with Gasteiger partial charge in [0.1, 0.15) is 6.54 Å². The molecule has 0 aliphatic rings. The number of aliphatic carboxylic acids is 1. The first-order valence-corrected chi connectivity index (χ1v) is 6.16. The van der Waals surface area contributed by atoms with Crippen molar-refractivity contribution in [2.45, 2.75) is 25.0 Å². The number of hydrogen-bond donors (Lipinski definition) is 2. The Hall–Kier alpha value is -1.50. The first-order chi connectivity index (χ1) is 8.08. The van der Waals surface area contributed by atoms with Crippen LogP contribution in [0.5, 0.6) is 0 Å². The Balaban J connectivity index is 2.85. The van der Waals surface area contributed by atoms with Crippen LogP contribution in [0.15, 0.2) is 11.4 Å². The maximum Gasteiger partial charge on any atom is 0.313 e. The van der Waals surface area contributed by atoms with E-state index in [1.807, 2.05) is 6.92 Å². The molecule has 6 nitrogen and oxygen atoms in total. The zero-order valence-corrected chi connectivity index (χ0v) is 10.6. The van der Waals surface area contributed by atoms with Crippen LogP contribution in [-0.2, 0) is 22.6 Å². The Morgan fingerprint density at radius 3 is 2.82 bits per heavy atom. The summed E-state index contributed by atoms with van der Waals surface area (Å²) in [5.74, 6) is -1.09. The number of carboxylic acids is 1. The highest BCUT2D eigenvalue weighted by Gasteiger charge is 2.13. The molecule has 0 fully saturated rings. The van der Waals surface area contributed by atoms with E-state index in [2.05, 4.69) is 10.3 Å². The van der Waals surface area contributed by atoms with Crippen LogP contribution in [-0.4, -0.2) is 39.3 Å². The molecule has 0 aromatic carbocycles. The highest BCUT2D eigenvalue weighted by atomic mass is 32.2. The monoisotopic (exact) mass is 257 g/mol. The molecule has 94 valence electrons. The molecule has 0 aliphatic heterocycles. The van der Waals surface area contributed by atoms with Gasteiger partial charge in [-0.05, 0) is 6.42 Å². The molecule has 0 unspecified atom stereocenters. The maximum absolute atomic E-state index is 11.4. The Kier molecular flexibility index (Phi) is 5.02. The fourth-order valence-electron chi connectivity index (χ4n) is 1.31. The number of nitrogens with zero attached hydrogens (tertiary/aromatic N) is 2. The second-order valence-electron chi connectivity index (χ2n) is 3.33. The van der Waals surface area contributed by atoms with Crippen LogP contribution in [0.1, 0.15) is 12.6 Å². The number of amides is 1. The van der Waals surface area contributed by atoms with Gasteiger partial charge in [-0.15, -0.1) is 0 Å². The lowest BCUT2D eigenvalue weighted by molar-refractivity contribution is -0.133. The Labute approximate surface area is 103 Å². The van der Waals surface area contributed by atoms with E-state index in [9.17, 15) is 9.59 Å². The van der Waals surface area contributed by atoms with Gasteiger partial charge in [-0.3, -0.25) is 9.59 Å². The number of carbonyl (C=O) groups excluding carboxylic acids is 1. The first kappa shape index (κ1) is 13.6. The summed E-state index contributed by atoms with van der Waals surface area (Å²) in [6.07, 6.45) is 2.42. The molecule has 0 atom stereocenters. The lowest BCUT2D eigenvalue weighted by atomic mass is 10.3. The highest BCUT2D eigenvalue weighted by Crippen LogP contribution is 2.18. The van der Waals surface area contributed by atoms with Crippen molar-refractivity contribution < 1.29 is 14.7 Å². The van der Waals surface area contributed by atoms with E-state index < -0.39 is 5.97 Å². The Bertz CT molecular complexity index is 417. The summed E-state index contributed by atoms with van der Waals surface area (Å²) in [6, 6.07) is 0. The van der Waals surface area contributed by atoms with E-state index >= 15 is 0 Å². The van der Waals surface area contributed by atoms with E-state index in [-0.39, 0.29) is 18.2 Å². The van der Waals surface area contributed by atoms with Crippen molar-refractivity contribution in [3.63, 3.8) is 0 Å². The molecule has 1 aromatic heterocycles. The van der Waals surface area contributed by atoms with E-state index in [1.165, 1.54) is 0 Å². The molecular formula is C10H15N3O3S. The second kappa shape index (κ2) is 6.29. The predicted molar refractivity (Wildman–Crippen MR) is 64.0 cm³/mol. The first-order valence-electron chi connectivity index (χ1n) is 5.18. The number of likely N-dealkylation sites (N-methyl/N-ethyl adjacent to an activating group) is 1. The van der Waals surface area contributed by atoms with Crippen molar-refractivity contribution in [2.75, 3.05) is 12.8 Å². The van der Waals surface area contributed by atoms with Crippen LogP contribution in [0.25, 0.3) is 0 Å². The number of aromatic nitrogens is 2. The quantitative estimate of drug-likeness (QED) is 0.719. The van der Waals surface area contributed by atoms with Gasteiger partial charge >= 0.3 is 5.97 Å². The van der Waals surface area contributed by atoms with Crippen molar-refractivity contribution in [1.29, 1.82) is 0 Å². The fraction of sp³-hybridized carbons (Fsp3) is 0.500. The van der Waals surface area contributed by atoms with Gasteiger partial charge in [-0.25, -0.2) is 4.98 Å². The minimum atomic E-state index is -0.900. The molecule has 0 saturated carbocycles. The molecule has 1 heterocycles. The summed E-state index contributed by atoms with van der Waals surface area (Å²) in [5, 5.41) is 11.7. The maximum atomic E-state index is 11.4. The van der Waals surface area contributed by atoms with E-state index in [4.69, 9.17) is 5.11 Å². The molecule has 0 aliphatic carbocycles. The summed E-state index contributed by atoms with van der Waals surface area (Å²) in [5.41, 5.74) is 0.918. The Morgan fingerprint density at radius 2 is 2.29 bits per heavy atom. The predicted octanol–water partition coefficient (Wildman–Crippen LogP) is 0.368. The number of carbonyl (C=O) groups is 2. The Morgan fingerprint density at radius 1 is 1.59 bits per heavy atom. The van der Waals surface area contributed by atoms with Gasteiger partial charge in [-0.2, -0.15) is 0 Å². The largest absolute Gasteiger partial charge is 0.481 e. The summed E-state index contributed by atoms with van der Waals surface area (Å²) in [7, 11) is 1.56. The standard InChI is InChI=1S/C10H15N3O3S/c1-3-7-4-12-10(17-6-9(15)16)13(7)5-8(14)11-2/h4H,3,5-6H2,1-2H3,(H,11,14)(H,15,16). The lowest BCUT2D eigenvalue weighted by Gasteiger charge is -2.09. The van der Waals surface area contributed by atoms with E-state index in [1.54, 1.807) is 17.8 Å². The molecule has 0 radical (unpaired) electrons. The number of imidazole rings is 1. The number of rotatable bonds is 6. The van der Waals surface area contributed by atoms with E-state index in [0.29, 0.717) is 5.16 Å². The number of nitrogens with one attached hydrogen (secondary N) is 1. The molecule has 1 aromatic rings. The fourth-order valence-corrected chi connectivity index (χ4v) is 2.02. The summed E-state index contributed by atoms with van der Waals surface area (Å²) in [4.78, 5) is 26.0. The normalized spacial score (nSPS) is 10.2. The van der Waals surface area contributed by atoms with Crippen molar-refractivity contribution >= 4 is 23.6 Å². The summed E-state index contributed by atoms with van der Waals surface area (Å²) in [6.45, 7) is 2.13. The zero-order chi connectivity index (χ0) is 12.8. The van der Waals surface area contributed by atoms with E-state index in [0.717, 1.165) is 23.9 Å². The third-order valence-electron chi connectivity index (χ3n) is 2.17. The summed E-state index contributed by atoms with van der Waals surface area (Å²) >= 11 is 1.12. The van der Waals surface area contributed by atoms with Crippen molar-refractivity contribution in [3.05, 3.63) is 11.9 Å². The molecule has 0 bridgehead atoms. The molecule has 7 heteroatoms. The topological polar surface area (TPSA) is 84.2 Å². The minimum Gasteiger partial charge on any atom is -0.481 e. The minimum absolute atomic E-state index is 0.0616. The molecule has 0 saturated heterocycles. The number of carboxylic acid groups (broad SMARTS) is 1. The van der Waals surface area contributed by atoms with Gasteiger partial charge < -0.3 is 15.0 Å². The number of thioether (sulfide) groups is 1. The van der Waals surface area contributed by atoms with Gasteiger partial charge in [0.25, 0.3) is 0 Å². The summed E-state index contributed by atoms with van der Waals surface area (Å²) < 4.78 is 1.74. The van der Waals surface area contributed by atoms with Gasteiger partial charge in [0.15, 0.2) is 5.16 Å². The number of aryl methyl sites for hydroxylation is 1. The lowest BCUT2D eigenvalue weighted by Crippen LogP contribution is -2.24. The average molecular weight is 257 g/mol. The van der Waals surface area contributed by atoms with Crippen LogP contribution < -0.4 is 5.32 Å². The molecule has 2 N–H and O–H groups in total. The zero-order valence-electron chi connectivity index (χ0n) is 9.77.